The molecule has 3 aromatic heterocycles. The Morgan fingerprint density at radius 2 is 1.56 bits per heavy atom. The quantitative estimate of drug-likeness (QED) is 0.513. The van der Waals surface area contributed by atoms with Crippen LogP contribution in [-0.2, 0) is 6.42 Å². The van der Waals surface area contributed by atoms with Gasteiger partial charge in [0.2, 0.25) is 5.95 Å². The van der Waals surface area contributed by atoms with Crippen molar-refractivity contribution in [3.8, 4) is 0 Å². The highest BCUT2D eigenvalue weighted by molar-refractivity contribution is 5.94. The SMILES string of the molecule is O=C(NCCc1ccccc1)c1ccc2ccc(N3CCN(c4ncccn4)CC3)n2c1. The smallest absolute Gasteiger partial charge is 0.252 e. The molecule has 7 heteroatoms. The lowest BCUT2D eigenvalue weighted by Crippen LogP contribution is -2.47. The molecule has 1 aliphatic heterocycles. The number of hydrogen-bond acceptors (Lipinski definition) is 5. The Morgan fingerprint density at radius 1 is 0.844 bits per heavy atom. The van der Waals surface area contributed by atoms with Crippen LogP contribution in [0.2, 0.25) is 0 Å². The predicted octanol–water partition coefficient (Wildman–Crippen LogP) is 3.03. The molecule has 5 rings (SSSR count). The zero-order valence-electron chi connectivity index (χ0n) is 17.9. The number of carbonyl (C=O) groups excluding carboxylic acids is 1. The van der Waals surface area contributed by atoms with E-state index in [4.69, 9.17) is 0 Å². The first-order valence-corrected chi connectivity index (χ1v) is 11.0. The molecular weight excluding hydrogens is 400 g/mol. The Hall–Kier alpha value is -3.87. The lowest BCUT2D eigenvalue weighted by molar-refractivity contribution is 0.0953. The maximum Gasteiger partial charge on any atom is 0.252 e. The van der Waals surface area contributed by atoms with Gasteiger partial charge >= 0.3 is 0 Å². The Balaban J connectivity index is 1.25. The summed E-state index contributed by atoms with van der Waals surface area (Å²) in [7, 11) is 0. The molecule has 0 radical (unpaired) electrons. The van der Waals surface area contributed by atoms with Crippen molar-refractivity contribution < 1.29 is 4.79 Å². The normalized spacial score (nSPS) is 14.0. The van der Waals surface area contributed by atoms with Gasteiger partial charge in [-0.15, -0.1) is 0 Å². The molecule has 4 aromatic rings. The highest BCUT2D eigenvalue weighted by atomic mass is 16.1. The second-order valence-electron chi connectivity index (χ2n) is 7.92. The Labute approximate surface area is 187 Å². The zero-order chi connectivity index (χ0) is 21.8. The Bertz CT molecular complexity index is 1180. The number of aromatic nitrogens is 3. The van der Waals surface area contributed by atoms with Crippen molar-refractivity contribution >= 4 is 23.2 Å². The lowest BCUT2D eigenvalue weighted by atomic mass is 10.1. The molecule has 0 spiro atoms. The maximum absolute atomic E-state index is 12.7. The molecule has 1 aliphatic rings. The number of fused-ring (bicyclic) bond motifs is 1. The van der Waals surface area contributed by atoms with Crippen molar-refractivity contribution in [2.24, 2.45) is 0 Å². The van der Waals surface area contributed by atoms with Crippen LogP contribution >= 0.6 is 0 Å². The number of amides is 1. The van der Waals surface area contributed by atoms with E-state index < -0.39 is 0 Å². The molecule has 1 amide bonds. The average Bonchev–Trinajstić information content (AvgIpc) is 3.28. The van der Waals surface area contributed by atoms with Gasteiger partial charge < -0.3 is 19.5 Å². The van der Waals surface area contributed by atoms with Crippen LogP contribution < -0.4 is 15.1 Å². The van der Waals surface area contributed by atoms with Crippen LogP contribution in [0.5, 0.6) is 0 Å². The third-order valence-electron chi connectivity index (χ3n) is 5.87. The standard InChI is InChI=1S/C25H26N6O/c32-24(26-14-11-20-5-2-1-3-6-20)21-7-8-22-9-10-23(31(22)19-21)29-15-17-30(18-16-29)25-27-12-4-13-28-25/h1-10,12-13,19H,11,14-18H2,(H,26,32). The first-order valence-electron chi connectivity index (χ1n) is 11.0. The second kappa shape index (κ2) is 9.09. The van der Waals surface area contributed by atoms with Gasteiger partial charge in [0.1, 0.15) is 5.82 Å². The van der Waals surface area contributed by atoms with Crippen molar-refractivity contribution in [2.75, 3.05) is 42.5 Å². The van der Waals surface area contributed by atoms with Crippen LogP contribution in [0.4, 0.5) is 11.8 Å². The van der Waals surface area contributed by atoms with E-state index in [0.29, 0.717) is 12.1 Å². The molecule has 7 nitrogen and oxygen atoms in total. The van der Waals surface area contributed by atoms with Crippen LogP contribution in [0.3, 0.4) is 0 Å². The fraction of sp³-hybridized carbons (Fsp3) is 0.240. The van der Waals surface area contributed by atoms with Crippen molar-refractivity contribution in [3.63, 3.8) is 0 Å². The maximum atomic E-state index is 12.7. The average molecular weight is 427 g/mol. The minimum absolute atomic E-state index is 0.0477. The number of benzene rings is 1. The van der Waals surface area contributed by atoms with Gasteiger partial charge in [-0.3, -0.25) is 4.79 Å². The van der Waals surface area contributed by atoms with Crippen LogP contribution in [0.15, 0.2) is 79.3 Å². The van der Waals surface area contributed by atoms with Crippen LogP contribution in [-0.4, -0.2) is 53.0 Å². The lowest BCUT2D eigenvalue weighted by Gasteiger charge is -2.35. The van der Waals surface area contributed by atoms with Crippen LogP contribution in [0.1, 0.15) is 15.9 Å². The van der Waals surface area contributed by atoms with Crippen LogP contribution in [0.25, 0.3) is 5.52 Å². The molecule has 0 unspecified atom stereocenters. The first kappa shape index (κ1) is 20.1. The number of carbonyl (C=O) groups is 1. The molecular formula is C25H26N6O. The fourth-order valence-corrected chi connectivity index (χ4v) is 4.14. The van der Waals surface area contributed by atoms with Crippen molar-refractivity contribution in [3.05, 3.63) is 90.4 Å². The topological polar surface area (TPSA) is 65.8 Å². The summed E-state index contributed by atoms with van der Waals surface area (Å²) < 4.78 is 2.11. The molecule has 1 N–H and O–H groups in total. The van der Waals surface area contributed by atoms with Gasteiger partial charge in [-0.1, -0.05) is 30.3 Å². The molecule has 32 heavy (non-hydrogen) atoms. The number of nitrogens with one attached hydrogen (secondary N) is 1. The van der Waals surface area contributed by atoms with E-state index in [2.05, 4.69) is 53.8 Å². The number of anilines is 2. The molecule has 1 fully saturated rings. The summed E-state index contributed by atoms with van der Waals surface area (Å²) in [6.45, 7) is 4.08. The Kier molecular flexibility index (Phi) is 5.70. The Morgan fingerprint density at radius 3 is 2.34 bits per heavy atom. The third-order valence-corrected chi connectivity index (χ3v) is 5.87. The van der Waals surface area contributed by atoms with E-state index >= 15 is 0 Å². The van der Waals surface area contributed by atoms with E-state index in [1.165, 1.54) is 5.56 Å². The first-order chi connectivity index (χ1) is 15.8. The zero-order valence-corrected chi connectivity index (χ0v) is 17.9. The summed E-state index contributed by atoms with van der Waals surface area (Å²) in [5.41, 5.74) is 2.96. The predicted molar refractivity (Wildman–Crippen MR) is 126 cm³/mol. The monoisotopic (exact) mass is 426 g/mol. The molecule has 162 valence electrons. The van der Waals surface area contributed by atoms with Gasteiger partial charge in [-0.05, 0) is 42.3 Å². The van der Waals surface area contributed by atoms with Gasteiger partial charge in [-0.25, -0.2) is 9.97 Å². The van der Waals surface area contributed by atoms with E-state index in [1.54, 1.807) is 12.4 Å². The summed E-state index contributed by atoms with van der Waals surface area (Å²) >= 11 is 0. The van der Waals surface area contributed by atoms with Crippen molar-refractivity contribution in [1.82, 2.24) is 19.7 Å². The highest BCUT2D eigenvalue weighted by Gasteiger charge is 2.21. The van der Waals surface area contributed by atoms with E-state index in [-0.39, 0.29) is 5.91 Å². The molecule has 1 saturated heterocycles. The molecule has 1 aromatic carbocycles. The number of pyridine rings is 1. The fourth-order valence-electron chi connectivity index (χ4n) is 4.14. The highest BCUT2D eigenvalue weighted by Crippen LogP contribution is 2.22. The summed E-state index contributed by atoms with van der Waals surface area (Å²) in [4.78, 5) is 26.0. The summed E-state index contributed by atoms with van der Waals surface area (Å²) in [5.74, 6) is 1.84. The van der Waals surface area contributed by atoms with Crippen molar-refractivity contribution in [1.29, 1.82) is 0 Å². The third kappa shape index (κ3) is 4.27. The molecule has 0 aliphatic carbocycles. The minimum atomic E-state index is -0.0477. The number of nitrogens with zero attached hydrogens (tertiary/aromatic N) is 5. The van der Waals surface area contributed by atoms with E-state index in [1.807, 2.05) is 42.6 Å². The van der Waals surface area contributed by atoms with Gasteiger partial charge in [0, 0.05) is 56.8 Å². The van der Waals surface area contributed by atoms with Gasteiger partial charge in [-0.2, -0.15) is 0 Å². The van der Waals surface area contributed by atoms with Crippen molar-refractivity contribution in [2.45, 2.75) is 6.42 Å². The number of hydrogen-bond donors (Lipinski definition) is 1. The molecule has 0 atom stereocenters. The number of piperazine rings is 1. The minimum Gasteiger partial charge on any atom is -0.354 e. The largest absolute Gasteiger partial charge is 0.354 e. The van der Waals surface area contributed by atoms with Gasteiger partial charge in [0.25, 0.3) is 5.91 Å². The van der Waals surface area contributed by atoms with Gasteiger partial charge in [0.05, 0.1) is 5.56 Å². The van der Waals surface area contributed by atoms with Gasteiger partial charge in [0.15, 0.2) is 0 Å². The second-order valence-corrected chi connectivity index (χ2v) is 7.92. The summed E-state index contributed by atoms with van der Waals surface area (Å²) in [5, 5.41) is 3.04. The molecule has 4 heterocycles. The van der Waals surface area contributed by atoms with E-state index in [0.717, 1.165) is 49.9 Å². The van der Waals surface area contributed by atoms with Crippen LogP contribution in [0, 0.1) is 0 Å². The molecule has 0 bridgehead atoms. The molecule has 0 saturated carbocycles. The summed E-state index contributed by atoms with van der Waals surface area (Å²) in [6, 6.07) is 20.1. The van der Waals surface area contributed by atoms with E-state index in [9.17, 15) is 4.79 Å². The summed E-state index contributed by atoms with van der Waals surface area (Å²) in [6.07, 6.45) is 6.32. The number of rotatable bonds is 6.